The average molecular weight is 1740 g/mol. The second kappa shape index (κ2) is 29.0. The first-order valence-electron chi connectivity index (χ1n) is 46.9. The summed E-state index contributed by atoms with van der Waals surface area (Å²) in [6.07, 6.45) is 0. The maximum atomic E-state index is 6.35. The fourth-order valence-corrected chi connectivity index (χ4v) is 23.3. The monoisotopic (exact) mass is 1740 g/mol. The maximum Gasteiger partial charge on any atom is 0.161 e. The number of nitrogens with zero attached hydrogens (tertiary/aromatic N) is 8. The first-order chi connectivity index (χ1) is 67.9. The van der Waals surface area contributed by atoms with E-state index in [0.717, 1.165) is 133 Å². The van der Waals surface area contributed by atoms with Gasteiger partial charge in [0.15, 0.2) is 11.6 Å². The largest absolute Gasteiger partial charge is 0.456 e. The third kappa shape index (κ3) is 11.1. The summed E-state index contributed by atoms with van der Waals surface area (Å²) in [5.74, 6) is 1.39. The highest BCUT2D eigenvalue weighted by atomic mass is 16.3. The van der Waals surface area contributed by atoms with Crippen LogP contribution in [-0.4, -0.2) is 38.2 Å². The zero-order chi connectivity index (χ0) is 89.3. The smallest absolute Gasteiger partial charge is 0.161 e. The van der Waals surface area contributed by atoms with E-state index in [-0.39, 0.29) is 0 Å². The highest BCUT2D eigenvalue weighted by Gasteiger charge is 2.28. The normalized spacial score (nSPS) is 12.2. The lowest BCUT2D eigenvalue weighted by atomic mass is 9.95. The maximum absolute atomic E-state index is 6.35. The van der Waals surface area contributed by atoms with E-state index in [1.165, 1.54) is 152 Å². The van der Waals surface area contributed by atoms with Gasteiger partial charge in [0.2, 0.25) is 0 Å². The molecule has 0 amide bonds. The van der Waals surface area contributed by atoms with Gasteiger partial charge in [0.25, 0.3) is 0 Å². The van der Waals surface area contributed by atoms with Crippen LogP contribution in [0, 0.1) is 0 Å². The van der Waals surface area contributed by atoms with Crippen LogP contribution in [-0.2, 0) is 0 Å². The number of hydrogen-bond acceptors (Lipinski definition) is 5. The Hall–Kier alpha value is -18.4. The third-order valence-corrected chi connectivity index (χ3v) is 29.3. The molecule has 0 spiro atoms. The molecule has 0 saturated carbocycles. The molecule has 30 aromatic rings. The zero-order valence-corrected chi connectivity index (χ0v) is 73.7. The van der Waals surface area contributed by atoms with Crippen molar-refractivity contribution >= 4 is 206 Å². The van der Waals surface area contributed by atoms with Crippen LogP contribution < -0.4 is 0 Å². The lowest BCUT2D eigenvalue weighted by Crippen LogP contribution is -1.99. The SMILES string of the molecule is c1ccc2c(c1)-c1cccc3c(-c4nc(-c5ccc(-n6c7ccccc7c7cc8cc(-n9c%10ccccc%10c%10c%11ccccc%11ccc%109)ccc8cc76)c6ccccc56)nc5ccccc45)ccc-2c13.c1ccc2c(c1)ccc1c2c2ccccc2n1-c1ccc2cc3c(cc2c1)c1ccccc1n3-c1ccc(-c2nc(-c3ccc4c(c3)oc3ccccc34)c3ccccc3n2)c2ccccc12. The molecular weight excluding hydrogens is 1670 g/mol. The summed E-state index contributed by atoms with van der Waals surface area (Å²) in [4.78, 5) is 21.5. The molecule has 0 unspecified atom stereocenters. The second-order valence-corrected chi connectivity index (χ2v) is 36.5. The van der Waals surface area contributed by atoms with Crippen molar-refractivity contribution in [1.29, 1.82) is 0 Å². The molecule has 137 heavy (non-hydrogen) atoms. The van der Waals surface area contributed by atoms with Crippen LogP contribution in [0.3, 0.4) is 0 Å². The Morgan fingerprint density at radius 3 is 1.11 bits per heavy atom. The minimum absolute atomic E-state index is 0.682. The third-order valence-electron chi connectivity index (χ3n) is 29.3. The molecule has 9 heteroatoms. The lowest BCUT2D eigenvalue weighted by molar-refractivity contribution is 0.669. The summed E-state index contributed by atoms with van der Waals surface area (Å²) in [7, 11) is 0. The predicted octanol–water partition coefficient (Wildman–Crippen LogP) is 33.9. The summed E-state index contributed by atoms with van der Waals surface area (Å²) >= 11 is 0. The molecule has 0 atom stereocenters. The van der Waals surface area contributed by atoms with Gasteiger partial charge in [0, 0.05) is 109 Å². The average Bonchev–Trinajstić information content (AvgIpc) is 1.59. The van der Waals surface area contributed by atoms with Crippen LogP contribution in [0.1, 0.15) is 0 Å². The fraction of sp³-hybridized carbons (Fsp3) is 0. The molecule has 0 fully saturated rings. The van der Waals surface area contributed by atoms with Crippen LogP contribution >= 0.6 is 0 Å². The molecule has 0 aliphatic heterocycles. The standard InChI is InChI=1S/C66H38N4.C62H36N4O/c1-2-15-43-39(14-1)29-34-61-64(43)55-22-9-12-27-59(55)69(61)42-30-28-40-38-62-56(37-41(40)36-42)48-20-8-11-26-58(48)70(62)60-35-33-53(46-18-5-6-19-47(46)60)66-67-57-25-10-7-21-54(57)65(68-66)52-32-31-51-45-17-4-3-16-44(45)49-23-13-24-50(52)63(49)51;1-2-14-42-37(13-1)27-31-56-60(42)50-20-7-11-23-54(50)65(56)41-28-25-38-35-57-51(34-40(38)33-41)45-17-6-10-22-53(45)66(57)55-32-30-48(43-15-3-4-16-44(43)55)62-63-52-21-9-5-19-49(52)61(64-62)39-26-29-47-46-18-8-12-24-58(46)67-59(47)36-39/h1-38H;1-36H. The fourth-order valence-electron chi connectivity index (χ4n) is 23.3. The minimum Gasteiger partial charge on any atom is -0.456 e. The Balaban J connectivity index is 0.000000130. The van der Waals surface area contributed by atoms with Crippen LogP contribution in [0.5, 0.6) is 0 Å². The molecule has 0 bridgehead atoms. The first kappa shape index (κ1) is 75.3. The van der Waals surface area contributed by atoms with E-state index in [1.54, 1.807) is 0 Å². The first-order valence-corrected chi connectivity index (χ1v) is 46.9. The quantitative estimate of drug-likeness (QED) is 0.151. The molecule has 7 heterocycles. The number of rotatable bonds is 8. The van der Waals surface area contributed by atoms with Gasteiger partial charge >= 0.3 is 0 Å². The topological polar surface area (TPSA) is 84.4 Å². The van der Waals surface area contributed by atoms with E-state index in [9.17, 15) is 0 Å². The Kier molecular flexibility index (Phi) is 15.9. The molecule has 23 aromatic carbocycles. The summed E-state index contributed by atoms with van der Waals surface area (Å²) in [6.45, 7) is 0. The zero-order valence-electron chi connectivity index (χ0n) is 73.7. The molecule has 9 nitrogen and oxygen atoms in total. The van der Waals surface area contributed by atoms with E-state index in [4.69, 9.17) is 24.4 Å². The van der Waals surface area contributed by atoms with Crippen molar-refractivity contribution in [3.05, 3.63) is 449 Å². The Morgan fingerprint density at radius 1 is 0.168 bits per heavy atom. The second-order valence-electron chi connectivity index (χ2n) is 36.5. The van der Waals surface area contributed by atoms with Crippen molar-refractivity contribution in [3.8, 4) is 90.3 Å². The highest BCUT2D eigenvalue weighted by Crippen LogP contribution is 2.52. The van der Waals surface area contributed by atoms with Gasteiger partial charge in [-0.15, -0.1) is 0 Å². The van der Waals surface area contributed by atoms with E-state index < -0.39 is 0 Å². The Morgan fingerprint density at radius 2 is 0.562 bits per heavy atom. The van der Waals surface area contributed by atoms with E-state index in [1.807, 2.05) is 18.2 Å². The molecule has 1 aliphatic rings. The highest BCUT2D eigenvalue weighted by molar-refractivity contribution is 6.26. The Labute approximate surface area is 782 Å². The number of aromatic nitrogens is 8. The molecule has 1 aliphatic carbocycles. The van der Waals surface area contributed by atoms with Crippen molar-refractivity contribution in [3.63, 3.8) is 0 Å². The van der Waals surface area contributed by atoms with Crippen LogP contribution in [0.4, 0.5) is 0 Å². The predicted molar refractivity (Wildman–Crippen MR) is 572 cm³/mol. The minimum atomic E-state index is 0.682. The van der Waals surface area contributed by atoms with Gasteiger partial charge in [0.05, 0.1) is 77.9 Å². The molecule has 0 saturated heterocycles. The van der Waals surface area contributed by atoms with E-state index >= 15 is 0 Å². The number of fused-ring (bicyclic) bond motifs is 28. The van der Waals surface area contributed by atoms with Crippen molar-refractivity contribution in [2.75, 3.05) is 0 Å². The Bertz CT molecular complexity index is 10500. The summed E-state index contributed by atoms with van der Waals surface area (Å²) < 4.78 is 16.1. The summed E-state index contributed by atoms with van der Waals surface area (Å²) in [5, 5.41) is 31.0. The number of benzene rings is 23. The van der Waals surface area contributed by atoms with Crippen LogP contribution in [0.2, 0.25) is 0 Å². The van der Waals surface area contributed by atoms with Crippen LogP contribution in [0.25, 0.3) is 297 Å². The summed E-state index contributed by atoms with van der Waals surface area (Å²) in [6, 6.07) is 163. The molecule has 632 valence electrons. The van der Waals surface area contributed by atoms with Crippen molar-refractivity contribution < 1.29 is 4.42 Å². The van der Waals surface area contributed by atoms with Gasteiger partial charge in [-0.25, -0.2) is 19.9 Å². The molecule has 0 radical (unpaired) electrons. The van der Waals surface area contributed by atoms with E-state index in [0.29, 0.717) is 11.6 Å². The van der Waals surface area contributed by atoms with Gasteiger partial charge < -0.3 is 22.7 Å². The van der Waals surface area contributed by atoms with Crippen molar-refractivity contribution in [1.82, 2.24) is 38.2 Å². The van der Waals surface area contributed by atoms with Gasteiger partial charge in [-0.1, -0.05) is 309 Å². The van der Waals surface area contributed by atoms with Crippen molar-refractivity contribution in [2.45, 2.75) is 0 Å². The number of furan rings is 1. The van der Waals surface area contributed by atoms with Gasteiger partial charge in [-0.05, 0) is 226 Å². The summed E-state index contributed by atoms with van der Waals surface area (Å²) in [5.41, 5.74) is 28.6. The van der Waals surface area contributed by atoms with Gasteiger partial charge in [-0.3, -0.25) is 0 Å². The number of hydrogen-bond donors (Lipinski definition) is 0. The van der Waals surface area contributed by atoms with Crippen molar-refractivity contribution in [2.24, 2.45) is 0 Å². The van der Waals surface area contributed by atoms with Gasteiger partial charge in [-0.2, -0.15) is 0 Å². The molecule has 31 rings (SSSR count). The van der Waals surface area contributed by atoms with Gasteiger partial charge in [0.1, 0.15) is 11.2 Å². The number of para-hydroxylation sites is 7. The molecular formula is C128H74N8O. The van der Waals surface area contributed by atoms with E-state index in [2.05, 4.69) is 449 Å². The molecule has 7 aromatic heterocycles. The van der Waals surface area contributed by atoms with Crippen LogP contribution in [0.15, 0.2) is 453 Å². The molecule has 0 N–H and O–H groups in total. The lowest BCUT2D eigenvalue weighted by Gasteiger charge is -2.16.